The summed E-state index contributed by atoms with van der Waals surface area (Å²) >= 11 is 7.13. The van der Waals surface area contributed by atoms with Gasteiger partial charge in [-0.15, -0.1) is 11.8 Å². The minimum absolute atomic E-state index is 0.510. The van der Waals surface area contributed by atoms with E-state index < -0.39 is 0 Å². The fraction of sp³-hybridized carbons (Fsp3) is 0.562. The summed E-state index contributed by atoms with van der Waals surface area (Å²) in [5.74, 6) is 1.03. The molecular formula is C16H25N3S2. The lowest BCUT2D eigenvalue weighted by Crippen LogP contribution is -2.42. The first-order chi connectivity index (χ1) is 10.0. The first-order valence-electron chi connectivity index (χ1n) is 7.51. The van der Waals surface area contributed by atoms with Gasteiger partial charge in [0, 0.05) is 35.3 Å². The van der Waals surface area contributed by atoms with Gasteiger partial charge in [-0.05, 0) is 44.8 Å². The molecule has 0 bridgehead atoms. The molecule has 0 saturated carbocycles. The van der Waals surface area contributed by atoms with E-state index in [0.717, 1.165) is 24.4 Å². The van der Waals surface area contributed by atoms with E-state index in [1.807, 2.05) is 11.8 Å². The Morgan fingerprint density at radius 2 is 2.05 bits per heavy atom. The predicted octanol–water partition coefficient (Wildman–Crippen LogP) is 2.96. The van der Waals surface area contributed by atoms with Crippen LogP contribution in [0, 0.1) is 0 Å². The summed E-state index contributed by atoms with van der Waals surface area (Å²) in [6.45, 7) is 4.29. The largest absolute Gasteiger partial charge is 0.389 e. The zero-order valence-electron chi connectivity index (χ0n) is 13.1. The number of hydrogen-bond acceptors (Lipinski definition) is 4. The van der Waals surface area contributed by atoms with Crippen LogP contribution in [-0.4, -0.2) is 48.9 Å². The Hall–Kier alpha value is -0.780. The normalized spacial score (nSPS) is 16.5. The molecule has 0 unspecified atom stereocenters. The lowest BCUT2D eigenvalue weighted by molar-refractivity contribution is 0.249. The fourth-order valence-electron chi connectivity index (χ4n) is 2.93. The van der Waals surface area contributed by atoms with Gasteiger partial charge in [0.25, 0.3) is 0 Å². The smallest absolute Gasteiger partial charge is 0.107 e. The van der Waals surface area contributed by atoms with E-state index in [1.165, 1.54) is 23.4 Å². The highest BCUT2D eigenvalue weighted by molar-refractivity contribution is 7.99. The van der Waals surface area contributed by atoms with E-state index in [4.69, 9.17) is 18.0 Å². The van der Waals surface area contributed by atoms with Crippen molar-refractivity contribution in [3.8, 4) is 0 Å². The van der Waals surface area contributed by atoms with E-state index in [0.29, 0.717) is 11.0 Å². The lowest BCUT2D eigenvalue weighted by atomic mass is 10.0. The van der Waals surface area contributed by atoms with E-state index in [-0.39, 0.29) is 0 Å². The second-order valence-corrected chi connectivity index (χ2v) is 7.38. The van der Waals surface area contributed by atoms with Crippen molar-refractivity contribution < 1.29 is 0 Å². The van der Waals surface area contributed by atoms with Gasteiger partial charge in [-0.1, -0.05) is 25.2 Å². The molecule has 3 nitrogen and oxygen atoms in total. The summed E-state index contributed by atoms with van der Waals surface area (Å²) in [6.07, 6.45) is 2.38. The SMILES string of the molecule is CCSc1cccc(N2CCC(N(C)C)CC2)c1C(N)=S. The van der Waals surface area contributed by atoms with Crippen molar-refractivity contribution in [2.75, 3.05) is 37.8 Å². The third-order valence-corrected chi connectivity index (χ3v) is 5.23. The van der Waals surface area contributed by atoms with E-state index in [2.05, 4.69) is 49.0 Å². The van der Waals surface area contributed by atoms with E-state index in [9.17, 15) is 0 Å². The molecule has 21 heavy (non-hydrogen) atoms. The molecule has 1 heterocycles. The van der Waals surface area contributed by atoms with Crippen LogP contribution in [0.2, 0.25) is 0 Å². The number of thioether (sulfide) groups is 1. The maximum absolute atomic E-state index is 6.01. The Labute approximate surface area is 137 Å². The van der Waals surface area contributed by atoms with Gasteiger partial charge < -0.3 is 15.5 Å². The molecule has 0 atom stereocenters. The molecule has 1 aliphatic rings. The van der Waals surface area contributed by atoms with Crippen molar-refractivity contribution in [1.29, 1.82) is 0 Å². The van der Waals surface area contributed by atoms with Gasteiger partial charge in [-0.2, -0.15) is 0 Å². The first-order valence-corrected chi connectivity index (χ1v) is 8.91. The van der Waals surface area contributed by atoms with Crippen LogP contribution < -0.4 is 10.6 Å². The van der Waals surface area contributed by atoms with Crippen molar-refractivity contribution in [2.24, 2.45) is 5.73 Å². The quantitative estimate of drug-likeness (QED) is 0.665. The van der Waals surface area contributed by atoms with E-state index >= 15 is 0 Å². The molecule has 0 amide bonds. The highest BCUT2D eigenvalue weighted by atomic mass is 32.2. The van der Waals surface area contributed by atoms with Crippen molar-refractivity contribution in [1.82, 2.24) is 4.90 Å². The number of piperidine rings is 1. The Balaban J connectivity index is 2.24. The third-order valence-electron chi connectivity index (χ3n) is 4.09. The minimum atomic E-state index is 0.510. The van der Waals surface area contributed by atoms with Crippen molar-refractivity contribution in [3.63, 3.8) is 0 Å². The molecule has 0 spiro atoms. The van der Waals surface area contributed by atoms with Gasteiger partial charge in [0.2, 0.25) is 0 Å². The van der Waals surface area contributed by atoms with Gasteiger partial charge in [0.05, 0.1) is 0 Å². The number of benzene rings is 1. The Morgan fingerprint density at radius 3 is 2.57 bits per heavy atom. The van der Waals surface area contributed by atoms with Crippen LogP contribution in [0.1, 0.15) is 25.3 Å². The molecule has 1 aromatic carbocycles. The average Bonchev–Trinajstić information content (AvgIpc) is 2.47. The second-order valence-electron chi connectivity index (χ2n) is 5.63. The number of anilines is 1. The Morgan fingerprint density at radius 1 is 1.38 bits per heavy atom. The van der Waals surface area contributed by atoms with Gasteiger partial charge in [-0.3, -0.25) is 0 Å². The van der Waals surface area contributed by atoms with Gasteiger partial charge in [0.15, 0.2) is 0 Å². The van der Waals surface area contributed by atoms with Crippen LogP contribution in [0.15, 0.2) is 23.1 Å². The topological polar surface area (TPSA) is 32.5 Å². The highest BCUT2D eigenvalue weighted by Crippen LogP contribution is 2.32. The van der Waals surface area contributed by atoms with Crippen LogP contribution >= 0.6 is 24.0 Å². The summed E-state index contributed by atoms with van der Waals surface area (Å²) in [4.78, 5) is 6.48. The van der Waals surface area contributed by atoms with Crippen LogP contribution in [0.25, 0.3) is 0 Å². The standard InChI is InChI=1S/C16H25N3S2/c1-4-21-14-7-5-6-13(15(14)16(17)20)19-10-8-12(9-11-19)18(2)3/h5-7,12H,4,8-11H2,1-3H3,(H2,17,20). The number of thiocarbonyl (C=S) groups is 1. The first kappa shape index (κ1) is 16.6. The zero-order valence-corrected chi connectivity index (χ0v) is 14.8. The molecule has 2 N–H and O–H groups in total. The van der Waals surface area contributed by atoms with Crippen molar-refractivity contribution in [3.05, 3.63) is 23.8 Å². The summed E-state index contributed by atoms with van der Waals surface area (Å²) in [5, 5.41) is 0. The molecule has 0 aliphatic carbocycles. The molecule has 0 radical (unpaired) electrons. The summed E-state index contributed by atoms with van der Waals surface area (Å²) in [5.41, 5.74) is 8.28. The third kappa shape index (κ3) is 3.90. The summed E-state index contributed by atoms with van der Waals surface area (Å²) in [7, 11) is 4.33. The van der Waals surface area contributed by atoms with E-state index in [1.54, 1.807) is 0 Å². The number of nitrogens with two attached hydrogens (primary N) is 1. The minimum Gasteiger partial charge on any atom is -0.389 e. The monoisotopic (exact) mass is 323 g/mol. The predicted molar refractivity (Wildman–Crippen MR) is 97.6 cm³/mol. The summed E-state index contributed by atoms with van der Waals surface area (Å²) in [6, 6.07) is 7.08. The molecule has 116 valence electrons. The number of rotatable bonds is 5. The maximum atomic E-state index is 6.01. The van der Waals surface area contributed by atoms with Crippen LogP contribution in [0.3, 0.4) is 0 Å². The number of hydrogen-bond donors (Lipinski definition) is 1. The fourth-order valence-corrected chi connectivity index (χ4v) is 4.05. The van der Waals surface area contributed by atoms with Crippen molar-refractivity contribution >= 4 is 34.7 Å². The second kappa shape index (κ2) is 7.47. The number of nitrogens with zero attached hydrogens (tertiary/aromatic N) is 2. The van der Waals surface area contributed by atoms with Crippen LogP contribution in [0.4, 0.5) is 5.69 Å². The highest BCUT2D eigenvalue weighted by Gasteiger charge is 2.23. The van der Waals surface area contributed by atoms with Gasteiger partial charge in [0.1, 0.15) is 4.99 Å². The lowest BCUT2D eigenvalue weighted by Gasteiger charge is -2.37. The van der Waals surface area contributed by atoms with Crippen LogP contribution in [0.5, 0.6) is 0 Å². The molecule has 5 heteroatoms. The molecule has 1 aromatic rings. The Bertz CT molecular complexity index is 494. The molecule has 2 rings (SSSR count). The Kier molecular flexibility index (Phi) is 5.90. The molecule has 1 saturated heterocycles. The van der Waals surface area contributed by atoms with Crippen molar-refractivity contribution in [2.45, 2.75) is 30.7 Å². The van der Waals surface area contributed by atoms with Crippen LogP contribution in [-0.2, 0) is 0 Å². The molecule has 1 fully saturated rings. The molecule has 0 aromatic heterocycles. The average molecular weight is 324 g/mol. The zero-order chi connectivity index (χ0) is 15.4. The molecule has 1 aliphatic heterocycles. The summed E-state index contributed by atoms with van der Waals surface area (Å²) < 4.78 is 0. The van der Waals surface area contributed by atoms with Gasteiger partial charge >= 0.3 is 0 Å². The molecular weight excluding hydrogens is 298 g/mol. The van der Waals surface area contributed by atoms with Gasteiger partial charge in [-0.25, -0.2) is 0 Å². The maximum Gasteiger partial charge on any atom is 0.107 e.